The summed E-state index contributed by atoms with van der Waals surface area (Å²) in [7, 11) is 0. The van der Waals surface area contributed by atoms with Gasteiger partial charge in [0, 0.05) is 12.6 Å². The van der Waals surface area contributed by atoms with Gasteiger partial charge in [-0.15, -0.1) is 0 Å². The quantitative estimate of drug-likeness (QED) is 0.717. The van der Waals surface area contributed by atoms with Crippen molar-refractivity contribution in [2.75, 3.05) is 13.1 Å². The van der Waals surface area contributed by atoms with E-state index in [-0.39, 0.29) is 5.41 Å². The molecule has 0 aromatic rings. The Balaban J connectivity index is 1.94. The lowest BCUT2D eigenvalue weighted by Gasteiger charge is -2.24. The van der Waals surface area contributed by atoms with E-state index in [0.29, 0.717) is 6.04 Å². The van der Waals surface area contributed by atoms with E-state index < -0.39 is 5.97 Å². The van der Waals surface area contributed by atoms with Crippen LogP contribution in [0, 0.1) is 5.41 Å². The summed E-state index contributed by atoms with van der Waals surface area (Å²) in [5, 5.41) is 9.02. The summed E-state index contributed by atoms with van der Waals surface area (Å²) in [6.45, 7) is 4.07. The first kappa shape index (κ1) is 9.00. The van der Waals surface area contributed by atoms with Crippen molar-refractivity contribution in [2.45, 2.75) is 38.6 Å². The third-order valence-corrected chi connectivity index (χ3v) is 3.50. The SMILES string of the molecule is CC1CCCN1CC1(C(=O)O)CC1. The van der Waals surface area contributed by atoms with Gasteiger partial charge in [0.2, 0.25) is 0 Å². The minimum Gasteiger partial charge on any atom is -0.481 e. The number of hydrogen-bond acceptors (Lipinski definition) is 2. The zero-order chi connectivity index (χ0) is 9.47. The van der Waals surface area contributed by atoms with Crippen LogP contribution in [-0.4, -0.2) is 35.1 Å². The van der Waals surface area contributed by atoms with Crippen molar-refractivity contribution in [1.29, 1.82) is 0 Å². The standard InChI is InChI=1S/C10H17NO2/c1-8-3-2-6-11(8)7-10(4-5-10)9(12)13/h8H,2-7H2,1H3,(H,12,13). The van der Waals surface area contributed by atoms with E-state index in [0.717, 1.165) is 25.9 Å². The average molecular weight is 183 g/mol. The van der Waals surface area contributed by atoms with Gasteiger partial charge in [-0.1, -0.05) is 0 Å². The van der Waals surface area contributed by atoms with Crippen molar-refractivity contribution in [3.63, 3.8) is 0 Å². The molecule has 1 aliphatic heterocycles. The van der Waals surface area contributed by atoms with Gasteiger partial charge in [-0.3, -0.25) is 9.69 Å². The predicted molar refractivity (Wildman–Crippen MR) is 49.6 cm³/mol. The Labute approximate surface area is 78.7 Å². The van der Waals surface area contributed by atoms with E-state index in [1.54, 1.807) is 0 Å². The second-order valence-corrected chi connectivity index (χ2v) is 4.55. The highest BCUT2D eigenvalue weighted by atomic mass is 16.4. The van der Waals surface area contributed by atoms with Gasteiger partial charge in [-0.25, -0.2) is 0 Å². The van der Waals surface area contributed by atoms with Gasteiger partial charge in [-0.2, -0.15) is 0 Å². The van der Waals surface area contributed by atoms with Gasteiger partial charge in [0.05, 0.1) is 5.41 Å². The summed E-state index contributed by atoms with van der Waals surface area (Å²) in [6.07, 6.45) is 4.23. The number of carbonyl (C=O) groups is 1. The third kappa shape index (κ3) is 1.57. The van der Waals surface area contributed by atoms with Crippen LogP contribution in [0.25, 0.3) is 0 Å². The molecule has 0 aromatic heterocycles. The fraction of sp³-hybridized carbons (Fsp3) is 0.900. The zero-order valence-corrected chi connectivity index (χ0v) is 8.12. The lowest BCUT2D eigenvalue weighted by molar-refractivity contribution is -0.144. The minimum atomic E-state index is -0.591. The molecule has 13 heavy (non-hydrogen) atoms. The predicted octanol–water partition coefficient (Wildman–Crippen LogP) is 1.34. The molecule has 3 nitrogen and oxygen atoms in total. The molecular formula is C10H17NO2. The molecule has 1 aliphatic carbocycles. The molecule has 0 aromatic carbocycles. The first-order chi connectivity index (χ1) is 6.14. The molecular weight excluding hydrogens is 166 g/mol. The molecule has 1 heterocycles. The molecule has 2 rings (SSSR count). The number of hydrogen-bond donors (Lipinski definition) is 1. The molecule has 1 saturated carbocycles. The Morgan fingerprint density at radius 2 is 2.31 bits per heavy atom. The molecule has 3 heteroatoms. The topological polar surface area (TPSA) is 40.5 Å². The van der Waals surface area contributed by atoms with Crippen molar-refractivity contribution in [1.82, 2.24) is 4.90 Å². The Kier molecular flexibility index (Phi) is 2.06. The van der Waals surface area contributed by atoms with Gasteiger partial charge < -0.3 is 5.11 Å². The van der Waals surface area contributed by atoms with Crippen molar-refractivity contribution >= 4 is 5.97 Å². The molecule has 1 N–H and O–H groups in total. The molecule has 2 fully saturated rings. The van der Waals surface area contributed by atoms with Crippen molar-refractivity contribution in [2.24, 2.45) is 5.41 Å². The van der Waals surface area contributed by atoms with E-state index in [9.17, 15) is 4.79 Å². The molecule has 0 bridgehead atoms. The van der Waals surface area contributed by atoms with E-state index in [2.05, 4.69) is 11.8 Å². The molecule has 1 saturated heterocycles. The summed E-state index contributed by atoms with van der Waals surface area (Å²) in [4.78, 5) is 13.3. The highest BCUT2D eigenvalue weighted by molar-refractivity contribution is 5.78. The zero-order valence-electron chi connectivity index (χ0n) is 8.12. The summed E-state index contributed by atoms with van der Waals surface area (Å²) < 4.78 is 0. The Morgan fingerprint density at radius 3 is 2.69 bits per heavy atom. The molecule has 74 valence electrons. The molecule has 2 aliphatic rings. The fourth-order valence-electron chi connectivity index (χ4n) is 2.21. The van der Waals surface area contributed by atoms with E-state index in [1.165, 1.54) is 12.8 Å². The van der Waals surface area contributed by atoms with Crippen LogP contribution in [0.3, 0.4) is 0 Å². The van der Waals surface area contributed by atoms with Crippen LogP contribution in [0.1, 0.15) is 32.6 Å². The summed E-state index contributed by atoms with van der Waals surface area (Å²) in [5.41, 5.74) is -0.362. The smallest absolute Gasteiger partial charge is 0.310 e. The minimum absolute atomic E-state index is 0.362. The summed E-state index contributed by atoms with van der Waals surface area (Å²) in [5.74, 6) is -0.591. The summed E-state index contributed by atoms with van der Waals surface area (Å²) >= 11 is 0. The van der Waals surface area contributed by atoms with Crippen LogP contribution in [0.4, 0.5) is 0 Å². The number of rotatable bonds is 3. The van der Waals surface area contributed by atoms with Crippen LogP contribution in [0.2, 0.25) is 0 Å². The average Bonchev–Trinajstić information content (AvgIpc) is 2.74. The van der Waals surface area contributed by atoms with Crippen LogP contribution >= 0.6 is 0 Å². The maximum Gasteiger partial charge on any atom is 0.310 e. The Hall–Kier alpha value is -0.570. The van der Waals surface area contributed by atoms with Crippen LogP contribution < -0.4 is 0 Å². The number of nitrogens with zero attached hydrogens (tertiary/aromatic N) is 1. The third-order valence-electron chi connectivity index (χ3n) is 3.50. The van der Waals surface area contributed by atoms with E-state index in [4.69, 9.17) is 5.11 Å². The van der Waals surface area contributed by atoms with Gasteiger partial charge in [0.25, 0.3) is 0 Å². The normalized spacial score (nSPS) is 31.9. The van der Waals surface area contributed by atoms with E-state index in [1.807, 2.05) is 0 Å². The van der Waals surface area contributed by atoms with Crippen molar-refractivity contribution in [3.8, 4) is 0 Å². The monoisotopic (exact) mass is 183 g/mol. The molecule has 0 amide bonds. The second-order valence-electron chi connectivity index (χ2n) is 4.55. The lowest BCUT2D eigenvalue weighted by Crippen LogP contribution is -2.36. The maximum absolute atomic E-state index is 11.0. The van der Waals surface area contributed by atoms with Crippen molar-refractivity contribution in [3.05, 3.63) is 0 Å². The molecule has 0 spiro atoms. The maximum atomic E-state index is 11.0. The summed E-state index contributed by atoms with van der Waals surface area (Å²) in [6, 6.07) is 0.594. The Bertz CT molecular complexity index is 223. The second kappa shape index (κ2) is 2.98. The molecule has 0 radical (unpaired) electrons. The number of likely N-dealkylation sites (tertiary alicyclic amines) is 1. The van der Waals surface area contributed by atoms with Gasteiger partial charge in [0.1, 0.15) is 0 Å². The van der Waals surface area contributed by atoms with E-state index >= 15 is 0 Å². The lowest BCUT2D eigenvalue weighted by atomic mass is 10.1. The largest absolute Gasteiger partial charge is 0.481 e. The van der Waals surface area contributed by atoms with Gasteiger partial charge in [0.15, 0.2) is 0 Å². The fourth-order valence-corrected chi connectivity index (χ4v) is 2.21. The first-order valence-corrected chi connectivity index (χ1v) is 5.11. The van der Waals surface area contributed by atoms with Crippen LogP contribution in [0.5, 0.6) is 0 Å². The van der Waals surface area contributed by atoms with Gasteiger partial charge in [-0.05, 0) is 39.2 Å². The van der Waals surface area contributed by atoms with Gasteiger partial charge >= 0.3 is 5.97 Å². The number of aliphatic carboxylic acids is 1. The van der Waals surface area contributed by atoms with Crippen LogP contribution in [0.15, 0.2) is 0 Å². The number of carboxylic acids is 1. The number of carboxylic acid groups (broad SMARTS) is 1. The Morgan fingerprint density at radius 1 is 1.62 bits per heavy atom. The first-order valence-electron chi connectivity index (χ1n) is 5.11. The highest BCUT2D eigenvalue weighted by Crippen LogP contribution is 2.47. The highest BCUT2D eigenvalue weighted by Gasteiger charge is 2.51. The van der Waals surface area contributed by atoms with Crippen LogP contribution in [-0.2, 0) is 4.79 Å². The molecule has 1 unspecified atom stereocenters. The van der Waals surface area contributed by atoms with Crippen molar-refractivity contribution < 1.29 is 9.90 Å². The molecule has 1 atom stereocenters.